The summed E-state index contributed by atoms with van der Waals surface area (Å²) in [5.74, 6) is 0. The third-order valence-corrected chi connectivity index (χ3v) is 0. The molecule has 0 saturated heterocycles. The Hall–Kier alpha value is 2.92. The summed E-state index contributed by atoms with van der Waals surface area (Å²) in [5, 5.41) is 0. The van der Waals surface area contributed by atoms with Gasteiger partial charge >= 0.3 is 68.3 Å². The Morgan fingerprint density at radius 3 is 0.364 bits per heavy atom. The SMILES string of the molecule is [Co+2].[Co+2].[Cr+3].[Cr+3].[Fe].[Fe].[O-2].[O-2].[O-2].[O-2].[O-2]. The van der Waals surface area contributed by atoms with Crippen molar-refractivity contribution in [2.45, 2.75) is 0 Å². The first-order chi connectivity index (χ1) is 0. The van der Waals surface area contributed by atoms with Gasteiger partial charge in [-0.1, -0.05) is 0 Å². The van der Waals surface area contributed by atoms with Gasteiger partial charge in [0.15, 0.2) is 0 Å². The van der Waals surface area contributed by atoms with E-state index in [1.54, 1.807) is 0 Å². The van der Waals surface area contributed by atoms with Gasteiger partial charge in [-0.3, -0.25) is 0 Å². The maximum absolute atomic E-state index is 0. The molecule has 0 amide bonds. The fraction of sp³-hybridized carbons (Fsp3) is 0. The molecule has 0 heterocycles. The van der Waals surface area contributed by atoms with E-state index in [9.17, 15) is 0 Å². The minimum absolute atomic E-state index is 0. The molecule has 0 fully saturated rings. The van der Waals surface area contributed by atoms with Crippen molar-refractivity contribution in [3.8, 4) is 0 Å². The minimum Gasteiger partial charge on any atom is -2.00 e. The van der Waals surface area contributed by atoms with E-state index in [0.717, 1.165) is 0 Å². The Labute approximate surface area is 128 Å². The van der Waals surface area contributed by atoms with E-state index < -0.39 is 0 Å². The van der Waals surface area contributed by atoms with Crippen LogP contribution in [0.1, 0.15) is 0 Å². The van der Waals surface area contributed by atoms with Crippen LogP contribution >= 0.6 is 0 Å². The topological polar surface area (TPSA) is 142 Å². The van der Waals surface area contributed by atoms with E-state index >= 15 is 0 Å². The van der Waals surface area contributed by atoms with Crippen LogP contribution in [0.4, 0.5) is 0 Å². The van der Waals surface area contributed by atoms with Crippen molar-refractivity contribution in [2.24, 2.45) is 0 Å². The van der Waals surface area contributed by atoms with Crippen molar-refractivity contribution in [3.63, 3.8) is 0 Å². The van der Waals surface area contributed by atoms with Gasteiger partial charge in [0.1, 0.15) is 0 Å². The van der Waals surface area contributed by atoms with Crippen molar-refractivity contribution in [2.75, 3.05) is 0 Å². The summed E-state index contributed by atoms with van der Waals surface area (Å²) in [5.41, 5.74) is 0. The molecule has 0 aromatic heterocycles. The second kappa shape index (κ2) is 216. The molecule has 0 aromatic rings. The van der Waals surface area contributed by atoms with Crippen molar-refractivity contribution in [1.29, 1.82) is 0 Å². The summed E-state index contributed by atoms with van der Waals surface area (Å²) >= 11 is 0. The molecule has 0 spiro atoms. The first-order valence-corrected chi connectivity index (χ1v) is 0. The molecule has 0 aliphatic heterocycles. The summed E-state index contributed by atoms with van der Waals surface area (Å²) in [6.45, 7) is 0. The maximum atomic E-state index is 0. The van der Waals surface area contributed by atoms with Crippen LogP contribution < -0.4 is 0 Å². The van der Waals surface area contributed by atoms with Crippen LogP contribution in [0.3, 0.4) is 0 Å². The van der Waals surface area contributed by atoms with Crippen molar-refractivity contribution < 1.29 is 130 Å². The zero-order chi connectivity index (χ0) is 0. The Kier molecular flexibility index (Phi) is 5350. The average Bonchev–Trinajstić information content (AvgIpc) is 0. The van der Waals surface area contributed by atoms with Gasteiger partial charge < -0.3 is 27.4 Å². The molecule has 0 aliphatic rings. The fourth-order valence-corrected chi connectivity index (χ4v) is 0. The number of hydrogen-bond acceptors (Lipinski definition) is 0. The summed E-state index contributed by atoms with van der Waals surface area (Å²) in [6, 6.07) is 0. The largest absolute Gasteiger partial charge is 3.00 e. The first-order valence-electron chi connectivity index (χ1n) is 0. The predicted octanol–water partition coefficient (Wildman–Crippen LogP) is -0.609. The van der Waals surface area contributed by atoms with Gasteiger partial charge in [-0.25, -0.2) is 0 Å². The summed E-state index contributed by atoms with van der Waals surface area (Å²) in [7, 11) is 0. The van der Waals surface area contributed by atoms with Gasteiger partial charge in [0.2, 0.25) is 0 Å². The minimum atomic E-state index is 0. The number of rotatable bonds is 0. The molecule has 0 unspecified atom stereocenters. The Morgan fingerprint density at radius 2 is 0.364 bits per heavy atom. The van der Waals surface area contributed by atoms with Crippen LogP contribution in [0.5, 0.6) is 0 Å². The van der Waals surface area contributed by atoms with Crippen LogP contribution in [0.15, 0.2) is 0 Å². The standard InChI is InChI=1S/2Co.2Cr.2Fe.5O/q2*+2;2*+3;;;5*-2. The second-order valence-corrected chi connectivity index (χ2v) is 0. The summed E-state index contributed by atoms with van der Waals surface area (Å²) < 4.78 is 0. The molecule has 0 aromatic carbocycles. The van der Waals surface area contributed by atoms with E-state index in [1.807, 2.05) is 0 Å². The van der Waals surface area contributed by atoms with Crippen LogP contribution in [0, 0.1) is 0 Å². The molecule has 0 saturated carbocycles. The normalized spacial score (nSPS) is 0. The van der Waals surface area contributed by atoms with Crippen molar-refractivity contribution in [1.82, 2.24) is 0 Å². The molecular formula is Co2Cr2Fe2O5. The quantitative estimate of drug-likeness (QED) is 0.467. The molecule has 0 bridgehead atoms. The molecule has 4 radical (unpaired) electrons. The van der Waals surface area contributed by atoms with Gasteiger partial charge in [-0.2, -0.15) is 0 Å². The molecular weight excluding hydrogens is 414 g/mol. The second-order valence-electron chi connectivity index (χ2n) is 0. The van der Waals surface area contributed by atoms with Gasteiger partial charge in [0.25, 0.3) is 0 Å². The van der Waals surface area contributed by atoms with E-state index in [2.05, 4.69) is 0 Å². The monoisotopic (exact) mass is 414 g/mol. The molecule has 76 valence electrons. The van der Waals surface area contributed by atoms with Gasteiger partial charge in [-0.15, -0.1) is 0 Å². The summed E-state index contributed by atoms with van der Waals surface area (Å²) in [4.78, 5) is 0. The molecule has 0 N–H and O–H groups in total. The maximum Gasteiger partial charge on any atom is 3.00 e. The third-order valence-electron chi connectivity index (χ3n) is 0. The Morgan fingerprint density at radius 1 is 0.364 bits per heavy atom. The molecule has 11 heavy (non-hydrogen) atoms. The Balaban J connectivity index is 0. The van der Waals surface area contributed by atoms with Gasteiger partial charge in [0.05, 0.1) is 0 Å². The van der Waals surface area contributed by atoms with E-state index in [0.29, 0.717) is 0 Å². The van der Waals surface area contributed by atoms with Crippen LogP contribution in [0.25, 0.3) is 0 Å². The summed E-state index contributed by atoms with van der Waals surface area (Å²) in [6.07, 6.45) is 0. The van der Waals surface area contributed by atoms with Crippen LogP contribution in [0.2, 0.25) is 0 Å². The van der Waals surface area contributed by atoms with Gasteiger partial charge in [-0.05, 0) is 0 Å². The molecule has 0 aliphatic carbocycles. The molecule has 5 nitrogen and oxygen atoms in total. The van der Waals surface area contributed by atoms with Gasteiger partial charge in [0, 0.05) is 34.1 Å². The van der Waals surface area contributed by atoms with Crippen LogP contribution in [-0.2, 0) is 130 Å². The first kappa shape index (κ1) is 273. The smallest absolute Gasteiger partial charge is 2.00 e. The number of hydrogen-bond donors (Lipinski definition) is 0. The fourth-order valence-electron chi connectivity index (χ4n) is 0. The van der Waals surface area contributed by atoms with Crippen LogP contribution in [-0.4, -0.2) is 0 Å². The van der Waals surface area contributed by atoms with E-state index in [-0.39, 0.29) is 130 Å². The zero-order valence-corrected chi connectivity index (χ0v) is 11.1. The average molecular weight is 414 g/mol. The van der Waals surface area contributed by atoms with E-state index in [4.69, 9.17) is 0 Å². The van der Waals surface area contributed by atoms with E-state index in [1.165, 1.54) is 0 Å². The third kappa shape index (κ3) is 181. The van der Waals surface area contributed by atoms with Crippen molar-refractivity contribution >= 4 is 0 Å². The predicted molar refractivity (Wildman–Crippen MR) is 3.43 cm³/mol. The van der Waals surface area contributed by atoms with Crippen molar-refractivity contribution in [3.05, 3.63) is 0 Å². The molecule has 11 heteroatoms. The Bertz CT molecular complexity index is 20.4. The zero-order valence-electron chi connectivity index (χ0n) is 4.23. The molecule has 0 rings (SSSR count). The molecule has 0 atom stereocenters.